The quantitative estimate of drug-likeness (QED) is 0.593. The minimum absolute atomic E-state index is 0.200. The van der Waals surface area contributed by atoms with Crippen LogP contribution in [0.5, 0.6) is 0 Å². The lowest BCUT2D eigenvalue weighted by molar-refractivity contribution is -0.123. The summed E-state index contributed by atoms with van der Waals surface area (Å²) in [6.45, 7) is 0. The van der Waals surface area contributed by atoms with Gasteiger partial charge in [0.1, 0.15) is 6.42 Å². The Kier molecular flexibility index (Phi) is 4.54. The van der Waals surface area contributed by atoms with E-state index in [1.165, 1.54) is 0 Å². The fourth-order valence-corrected chi connectivity index (χ4v) is 2.20. The van der Waals surface area contributed by atoms with Crippen molar-refractivity contribution in [2.45, 2.75) is 31.7 Å². The number of primary amides is 1. The predicted molar refractivity (Wildman–Crippen MR) is 78.3 cm³/mol. The van der Waals surface area contributed by atoms with E-state index in [1.54, 1.807) is 18.2 Å². The molecule has 7 heteroatoms. The molecule has 1 unspecified atom stereocenters. The number of rotatable bonds is 5. The Hall–Kier alpha value is -2.41. The van der Waals surface area contributed by atoms with Crippen molar-refractivity contribution in [3.8, 4) is 0 Å². The maximum atomic E-state index is 11.5. The standard InChI is InChI=1S/C14H18N4O3/c15-9(2-1-3-12(16)19)8-4-5-10-11(6-8)18-14(21)7-13(20)17-10/h4-6,9H,1-3,7,15H2,(H2,16,19)(H,17,20)(H,18,21). The molecule has 112 valence electrons. The summed E-state index contributed by atoms with van der Waals surface area (Å²) in [5, 5.41) is 5.32. The van der Waals surface area contributed by atoms with Gasteiger partial charge in [-0.2, -0.15) is 0 Å². The SMILES string of the molecule is NC(=O)CCCC(N)c1ccc2c(c1)NC(=O)CC(=O)N2. The molecular formula is C14H18N4O3. The Morgan fingerprint density at radius 2 is 1.86 bits per heavy atom. The second kappa shape index (κ2) is 6.36. The van der Waals surface area contributed by atoms with E-state index < -0.39 is 0 Å². The van der Waals surface area contributed by atoms with Crippen LogP contribution in [0, 0.1) is 0 Å². The fraction of sp³-hybridized carbons (Fsp3) is 0.357. The van der Waals surface area contributed by atoms with Crippen LogP contribution in [-0.4, -0.2) is 17.7 Å². The Balaban J connectivity index is 2.11. The lowest BCUT2D eigenvalue weighted by atomic mass is 10.0. The Bertz CT molecular complexity index is 586. The van der Waals surface area contributed by atoms with Crippen LogP contribution in [0.1, 0.15) is 37.3 Å². The third-order valence-corrected chi connectivity index (χ3v) is 3.28. The first-order valence-corrected chi connectivity index (χ1v) is 6.73. The van der Waals surface area contributed by atoms with Gasteiger partial charge >= 0.3 is 0 Å². The van der Waals surface area contributed by atoms with Gasteiger partial charge in [0.2, 0.25) is 17.7 Å². The van der Waals surface area contributed by atoms with Gasteiger partial charge in [-0.15, -0.1) is 0 Å². The fourth-order valence-electron chi connectivity index (χ4n) is 2.20. The number of nitrogens with two attached hydrogens (primary N) is 2. The highest BCUT2D eigenvalue weighted by atomic mass is 16.2. The molecule has 1 aliphatic rings. The van der Waals surface area contributed by atoms with E-state index in [4.69, 9.17) is 11.5 Å². The minimum atomic E-state index is -0.356. The van der Waals surface area contributed by atoms with Crippen LogP contribution >= 0.6 is 0 Å². The third kappa shape index (κ3) is 4.03. The summed E-state index contributed by atoms with van der Waals surface area (Å²) in [5.41, 5.74) is 13.1. The second-order valence-electron chi connectivity index (χ2n) is 5.04. The summed E-state index contributed by atoms with van der Waals surface area (Å²) in [5.74, 6) is -1.05. The number of carbonyl (C=O) groups is 3. The number of amides is 3. The molecule has 0 aliphatic carbocycles. The van der Waals surface area contributed by atoms with Crippen LogP contribution < -0.4 is 22.1 Å². The molecule has 0 saturated carbocycles. The van der Waals surface area contributed by atoms with Gasteiger partial charge in [0.25, 0.3) is 0 Å². The van der Waals surface area contributed by atoms with Gasteiger partial charge in [-0.25, -0.2) is 0 Å². The number of hydrogen-bond acceptors (Lipinski definition) is 4. The van der Waals surface area contributed by atoms with Crippen LogP contribution in [0.2, 0.25) is 0 Å². The molecule has 21 heavy (non-hydrogen) atoms. The van der Waals surface area contributed by atoms with Crippen molar-refractivity contribution >= 4 is 29.1 Å². The normalized spacial score (nSPS) is 15.5. The van der Waals surface area contributed by atoms with Crippen molar-refractivity contribution in [2.24, 2.45) is 11.5 Å². The van der Waals surface area contributed by atoms with Crippen LogP contribution in [-0.2, 0) is 14.4 Å². The van der Waals surface area contributed by atoms with Crippen molar-refractivity contribution in [3.05, 3.63) is 23.8 Å². The molecule has 0 spiro atoms. The summed E-state index contributed by atoms with van der Waals surface area (Å²) in [6, 6.07) is 4.99. The van der Waals surface area contributed by atoms with Crippen LogP contribution in [0.3, 0.4) is 0 Å². The lowest BCUT2D eigenvalue weighted by Gasteiger charge is -2.15. The molecule has 1 heterocycles. The van der Waals surface area contributed by atoms with Crippen LogP contribution in [0.25, 0.3) is 0 Å². The number of nitrogens with one attached hydrogen (secondary N) is 2. The maximum Gasteiger partial charge on any atom is 0.233 e. The molecule has 3 amide bonds. The first kappa shape index (κ1) is 15.0. The van der Waals surface area contributed by atoms with Gasteiger partial charge in [0.05, 0.1) is 11.4 Å². The van der Waals surface area contributed by atoms with Gasteiger partial charge in [0.15, 0.2) is 0 Å². The van der Waals surface area contributed by atoms with Gasteiger partial charge < -0.3 is 22.1 Å². The Morgan fingerprint density at radius 1 is 1.19 bits per heavy atom. The average Bonchev–Trinajstić information content (AvgIpc) is 2.53. The molecule has 6 N–H and O–H groups in total. The first-order chi connectivity index (χ1) is 9.95. The largest absolute Gasteiger partial charge is 0.370 e. The first-order valence-electron chi connectivity index (χ1n) is 6.73. The lowest BCUT2D eigenvalue weighted by Crippen LogP contribution is -2.16. The molecule has 0 radical (unpaired) electrons. The van der Waals surface area contributed by atoms with Gasteiger partial charge in [0, 0.05) is 12.5 Å². The molecule has 1 aliphatic heterocycles. The Labute approximate surface area is 122 Å². The zero-order chi connectivity index (χ0) is 15.4. The zero-order valence-electron chi connectivity index (χ0n) is 11.5. The molecular weight excluding hydrogens is 272 g/mol. The van der Waals surface area contributed by atoms with E-state index >= 15 is 0 Å². The number of benzene rings is 1. The van der Waals surface area contributed by atoms with E-state index in [0.717, 1.165) is 5.56 Å². The van der Waals surface area contributed by atoms with Crippen molar-refractivity contribution in [3.63, 3.8) is 0 Å². The highest BCUT2D eigenvalue weighted by Crippen LogP contribution is 2.29. The number of fused-ring (bicyclic) bond motifs is 1. The molecule has 2 rings (SSSR count). The molecule has 7 nitrogen and oxygen atoms in total. The van der Waals surface area contributed by atoms with Crippen molar-refractivity contribution < 1.29 is 14.4 Å². The zero-order valence-corrected chi connectivity index (χ0v) is 11.5. The molecule has 0 fully saturated rings. The summed E-state index contributed by atoms with van der Waals surface area (Å²) in [6.07, 6.45) is 1.32. The highest BCUT2D eigenvalue weighted by molar-refractivity contribution is 6.13. The van der Waals surface area contributed by atoms with Gasteiger partial charge in [-0.3, -0.25) is 14.4 Å². The molecule has 1 aromatic carbocycles. The minimum Gasteiger partial charge on any atom is -0.370 e. The van der Waals surface area contributed by atoms with E-state index in [9.17, 15) is 14.4 Å². The van der Waals surface area contributed by atoms with Crippen molar-refractivity contribution in [1.29, 1.82) is 0 Å². The van der Waals surface area contributed by atoms with Crippen LogP contribution in [0.15, 0.2) is 18.2 Å². The van der Waals surface area contributed by atoms with E-state index in [0.29, 0.717) is 30.6 Å². The summed E-state index contributed by atoms with van der Waals surface area (Å²) >= 11 is 0. The predicted octanol–water partition coefficient (Wildman–Crippen LogP) is 0.623. The summed E-state index contributed by atoms with van der Waals surface area (Å²) in [7, 11) is 0. The monoisotopic (exact) mass is 290 g/mol. The summed E-state index contributed by atoms with van der Waals surface area (Å²) < 4.78 is 0. The molecule has 1 aromatic rings. The van der Waals surface area contributed by atoms with Crippen LogP contribution in [0.4, 0.5) is 11.4 Å². The van der Waals surface area contributed by atoms with E-state index in [2.05, 4.69) is 10.6 Å². The molecule has 1 atom stereocenters. The van der Waals surface area contributed by atoms with Gasteiger partial charge in [-0.05, 0) is 30.5 Å². The molecule has 0 aromatic heterocycles. The number of hydrogen-bond donors (Lipinski definition) is 4. The average molecular weight is 290 g/mol. The highest BCUT2D eigenvalue weighted by Gasteiger charge is 2.19. The van der Waals surface area contributed by atoms with Crippen molar-refractivity contribution in [2.75, 3.05) is 10.6 Å². The van der Waals surface area contributed by atoms with E-state index in [-0.39, 0.29) is 30.2 Å². The number of anilines is 2. The van der Waals surface area contributed by atoms with E-state index in [1.807, 2.05) is 0 Å². The molecule has 0 saturated heterocycles. The Morgan fingerprint density at radius 3 is 2.52 bits per heavy atom. The maximum absolute atomic E-state index is 11.5. The third-order valence-electron chi connectivity index (χ3n) is 3.28. The topological polar surface area (TPSA) is 127 Å². The smallest absolute Gasteiger partial charge is 0.233 e. The van der Waals surface area contributed by atoms with Crippen molar-refractivity contribution in [1.82, 2.24) is 0 Å². The molecule has 0 bridgehead atoms. The van der Waals surface area contributed by atoms with Gasteiger partial charge in [-0.1, -0.05) is 6.07 Å². The second-order valence-corrected chi connectivity index (χ2v) is 5.04. The number of carbonyl (C=O) groups excluding carboxylic acids is 3. The summed E-state index contributed by atoms with van der Waals surface area (Å²) in [4.78, 5) is 33.7.